The van der Waals surface area contributed by atoms with Crippen molar-refractivity contribution in [2.75, 3.05) is 47.3 Å². The molecule has 1 fully saturated rings. The van der Waals surface area contributed by atoms with E-state index in [-0.39, 0.29) is 32.0 Å². The maximum atomic E-state index is 14.1. The van der Waals surface area contributed by atoms with Gasteiger partial charge in [-0.1, -0.05) is 17.7 Å². The summed E-state index contributed by atoms with van der Waals surface area (Å²) in [4.78, 5) is 25.3. The van der Waals surface area contributed by atoms with Crippen LogP contribution in [-0.4, -0.2) is 91.7 Å². The number of aromatic nitrogens is 1. The van der Waals surface area contributed by atoms with Crippen molar-refractivity contribution in [3.8, 4) is 6.07 Å². The van der Waals surface area contributed by atoms with Crippen LogP contribution in [-0.2, 0) is 29.5 Å². The van der Waals surface area contributed by atoms with Crippen LogP contribution in [0.25, 0.3) is 10.1 Å². The summed E-state index contributed by atoms with van der Waals surface area (Å²) < 4.78 is 30.8. The van der Waals surface area contributed by atoms with Gasteiger partial charge in [0, 0.05) is 78.3 Å². The Bertz CT molecular complexity index is 1540. The van der Waals surface area contributed by atoms with Crippen LogP contribution >= 0.6 is 34.3 Å². The summed E-state index contributed by atoms with van der Waals surface area (Å²) in [5, 5.41) is 11.2. The number of piperazine rings is 1. The van der Waals surface area contributed by atoms with E-state index in [4.69, 9.17) is 11.6 Å². The predicted molar refractivity (Wildman–Crippen MR) is 155 cm³/mol. The Balaban J connectivity index is 1.44. The number of hydrogen-bond donors (Lipinski definition) is 0. The largest absolute Gasteiger partial charge is 0.331 e. The average Bonchev–Trinajstić information content (AvgIpc) is 3.47. The van der Waals surface area contributed by atoms with Crippen LogP contribution in [0.2, 0.25) is 5.02 Å². The highest BCUT2D eigenvalue weighted by atomic mass is 35.5. The molecule has 1 atom stereocenters. The van der Waals surface area contributed by atoms with Gasteiger partial charge in [-0.3, -0.25) is 4.79 Å². The third kappa shape index (κ3) is 5.72. The number of likely N-dealkylation sites (N-methyl/N-ethyl adjacent to an activating group) is 1. The zero-order valence-electron chi connectivity index (χ0n) is 22.2. The van der Waals surface area contributed by atoms with E-state index in [0.717, 1.165) is 45.7 Å². The van der Waals surface area contributed by atoms with Gasteiger partial charge < -0.3 is 14.7 Å². The summed E-state index contributed by atoms with van der Waals surface area (Å²) in [6.07, 6.45) is 1.44. The molecule has 2 aliphatic heterocycles. The lowest BCUT2D eigenvalue weighted by Crippen LogP contribution is -2.56. The Morgan fingerprint density at radius 1 is 1.26 bits per heavy atom. The van der Waals surface area contributed by atoms with Gasteiger partial charge in [-0.25, -0.2) is 13.4 Å². The lowest BCUT2D eigenvalue weighted by molar-refractivity contribution is 0.0552. The fourth-order valence-corrected chi connectivity index (χ4v) is 10.0. The molecule has 1 aromatic carbocycles. The number of hydrogen-bond acceptors (Lipinski definition) is 9. The van der Waals surface area contributed by atoms with Crippen molar-refractivity contribution in [3.05, 3.63) is 44.4 Å². The second-order valence-corrected chi connectivity index (χ2v) is 15.0. The predicted octanol–water partition coefficient (Wildman–Crippen LogP) is 3.88. The number of sulfonamides is 1. The van der Waals surface area contributed by atoms with Crippen LogP contribution in [0.15, 0.2) is 22.4 Å². The molecular weight excluding hydrogens is 576 g/mol. The van der Waals surface area contributed by atoms with E-state index < -0.39 is 16.1 Å². The number of nitrogens with zero attached hydrogens (tertiary/aromatic N) is 6. The minimum absolute atomic E-state index is 0.139. The van der Waals surface area contributed by atoms with Gasteiger partial charge in [-0.2, -0.15) is 9.57 Å². The molecule has 5 rings (SSSR count). The molecule has 0 spiro atoms. The molecule has 208 valence electrons. The summed E-state index contributed by atoms with van der Waals surface area (Å²) in [6, 6.07) is 7.21. The molecule has 9 nitrogen and oxygen atoms in total. The molecular formula is C26H31ClN6O3S3. The van der Waals surface area contributed by atoms with Gasteiger partial charge in [0.2, 0.25) is 0 Å². The number of fused-ring (bicyclic) bond motifs is 2. The van der Waals surface area contributed by atoms with Crippen molar-refractivity contribution in [2.45, 2.75) is 42.6 Å². The molecule has 0 saturated carbocycles. The smallest absolute Gasteiger partial charge is 0.283 e. The molecule has 3 aromatic rings. The van der Waals surface area contributed by atoms with Gasteiger partial charge in [-0.15, -0.1) is 22.7 Å². The highest BCUT2D eigenvalue weighted by Crippen LogP contribution is 2.39. The summed E-state index contributed by atoms with van der Waals surface area (Å²) in [5.74, 6) is -0.179. The minimum atomic E-state index is -3.85. The van der Waals surface area contributed by atoms with Crippen molar-refractivity contribution in [2.24, 2.45) is 0 Å². The molecule has 0 bridgehead atoms. The SMILES string of the molecule is CN(C)Cc1c(S(=O)(=O)N2CCN(C(=O)c3nc4c(s3)CN(C)CC4)C(CCC#N)C2)sc2cc(Cl)ccc12. The second kappa shape index (κ2) is 11.4. The van der Waals surface area contributed by atoms with Gasteiger partial charge in [0.1, 0.15) is 4.21 Å². The van der Waals surface area contributed by atoms with Crippen LogP contribution in [0, 0.1) is 11.3 Å². The van der Waals surface area contributed by atoms with Crippen LogP contribution in [0.3, 0.4) is 0 Å². The maximum Gasteiger partial charge on any atom is 0.283 e. The quantitative estimate of drug-likeness (QED) is 0.402. The van der Waals surface area contributed by atoms with Crippen LogP contribution in [0.1, 0.15) is 38.8 Å². The number of thiophene rings is 1. The molecule has 13 heteroatoms. The van der Waals surface area contributed by atoms with Gasteiger partial charge in [-0.05, 0) is 45.1 Å². The Labute approximate surface area is 242 Å². The van der Waals surface area contributed by atoms with Crippen molar-refractivity contribution >= 4 is 60.3 Å². The van der Waals surface area contributed by atoms with Crippen LogP contribution in [0.5, 0.6) is 0 Å². The average molecular weight is 607 g/mol. The first kappa shape index (κ1) is 28.4. The number of thiazole rings is 1. The molecule has 1 saturated heterocycles. The van der Waals surface area contributed by atoms with Crippen LogP contribution < -0.4 is 0 Å². The number of amides is 1. The van der Waals surface area contributed by atoms with Crippen LogP contribution in [0.4, 0.5) is 0 Å². The van der Waals surface area contributed by atoms with E-state index in [9.17, 15) is 18.5 Å². The minimum Gasteiger partial charge on any atom is -0.331 e. The van der Waals surface area contributed by atoms with E-state index >= 15 is 0 Å². The fourth-order valence-electron chi connectivity index (χ4n) is 5.22. The lowest BCUT2D eigenvalue weighted by atomic mass is 10.1. The molecule has 2 aliphatic rings. The summed E-state index contributed by atoms with van der Waals surface area (Å²) in [6.45, 7) is 2.72. The van der Waals surface area contributed by atoms with E-state index in [1.54, 1.807) is 17.0 Å². The van der Waals surface area contributed by atoms with E-state index in [1.807, 2.05) is 25.1 Å². The Morgan fingerprint density at radius 3 is 2.79 bits per heavy atom. The maximum absolute atomic E-state index is 14.1. The normalized spacial score (nSPS) is 19.0. The second-order valence-electron chi connectivity index (χ2n) is 10.3. The van der Waals surface area contributed by atoms with Crippen molar-refractivity contribution in [3.63, 3.8) is 0 Å². The topological polar surface area (TPSA) is 101 Å². The first-order valence-corrected chi connectivity index (χ1v) is 16.2. The number of rotatable bonds is 7. The van der Waals surface area contributed by atoms with Gasteiger partial charge in [0.05, 0.1) is 11.8 Å². The number of carbonyl (C=O) groups excluding carboxylic acids is 1. The van der Waals surface area contributed by atoms with Crippen molar-refractivity contribution in [1.82, 2.24) is 24.0 Å². The highest BCUT2D eigenvalue weighted by molar-refractivity contribution is 7.91. The van der Waals surface area contributed by atoms with Gasteiger partial charge in [0.25, 0.3) is 15.9 Å². The molecule has 4 heterocycles. The fraction of sp³-hybridized carbons (Fsp3) is 0.500. The summed E-state index contributed by atoms with van der Waals surface area (Å²) in [7, 11) is 2.02. The Morgan fingerprint density at radius 2 is 2.05 bits per heavy atom. The number of benzene rings is 1. The monoisotopic (exact) mass is 606 g/mol. The van der Waals surface area contributed by atoms with E-state index in [1.165, 1.54) is 27.0 Å². The molecule has 0 radical (unpaired) electrons. The zero-order valence-corrected chi connectivity index (χ0v) is 25.4. The third-order valence-corrected chi connectivity index (χ3v) is 12.1. The molecule has 2 aromatic heterocycles. The van der Waals surface area contributed by atoms with Gasteiger partial charge in [0.15, 0.2) is 5.01 Å². The Hall–Kier alpha value is -2.11. The molecule has 0 aliphatic carbocycles. The molecule has 0 N–H and O–H groups in total. The number of halogens is 1. The third-order valence-electron chi connectivity index (χ3n) is 7.17. The Kier molecular flexibility index (Phi) is 8.31. The summed E-state index contributed by atoms with van der Waals surface area (Å²) >= 11 is 8.88. The zero-order chi connectivity index (χ0) is 27.9. The van der Waals surface area contributed by atoms with Gasteiger partial charge >= 0.3 is 0 Å². The lowest BCUT2D eigenvalue weighted by Gasteiger charge is -2.40. The van der Waals surface area contributed by atoms with E-state index in [0.29, 0.717) is 27.2 Å². The standard InChI is InChI=1S/C26H31ClN6O3S3/c1-30(2)15-20-19-7-6-17(27)13-22(19)38-26(20)39(35,36)32-11-12-33(18(14-32)5-4-9-28)25(34)24-29-21-8-10-31(3)16-23(21)37-24/h6-7,13,18H,4-5,8,10-12,14-16H2,1-3H3. The summed E-state index contributed by atoms with van der Waals surface area (Å²) in [5.41, 5.74) is 1.73. The molecule has 1 unspecified atom stereocenters. The molecule has 39 heavy (non-hydrogen) atoms. The first-order chi connectivity index (χ1) is 18.6. The molecule has 1 amide bonds. The first-order valence-electron chi connectivity index (χ1n) is 12.8. The highest BCUT2D eigenvalue weighted by Gasteiger charge is 2.39. The van der Waals surface area contributed by atoms with Crippen molar-refractivity contribution in [1.29, 1.82) is 5.26 Å². The number of nitriles is 1. The van der Waals surface area contributed by atoms with Crippen molar-refractivity contribution < 1.29 is 13.2 Å². The number of carbonyl (C=O) groups is 1. The van der Waals surface area contributed by atoms with E-state index in [2.05, 4.69) is 23.0 Å².